The number of hydrogen-bond acceptors (Lipinski definition) is 6. The normalized spacial score (nSPS) is 12.0. The summed E-state index contributed by atoms with van der Waals surface area (Å²) in [6.07, 6.45) is 6.08. The lowest BCUT2D eigenvalue weighted by atomic mass is 10.0. The molecular formula is C44H42O8. The minimum absolute atomic E-state index is 0.301. The van der Waals surface area contributed by atoms with Crippen LogP contribution in [0.25, 0.3) is 11.1 Å². The molecule has 0 heterocycles. The molecule has 0 aliphatic rings. The molecule has 0 bridgehead atoms. The van der Waals surface area contributed by atoms with Crippen LogP contribution in [0.5, 0.6) is 11.5 Å². The number of rotatable bonds is 17. The van der Waals surface area contributed by atoms with Gasteiger partial charge in [0.05, 0.1) is 0 Å². The highest BCUT2D eigenvalue weighted by Crippen LogP contribution is 2.20. The third-order valence-corrected chi connectivity index (χ3v) is 7.61. The summed E-state index contributed by atoms with van der Waals surface area (Å²) in [5.41, 5.74) is 5.70. The fourth-order valence-corrected chi connectivity index (χ4v) is 4.95. The fourth-order valence-electron chi connectivity index (χ4n) is 4.95. The standard InChI is InChI=1S/C44H42O8/c1-3-49-41(43(45)46)31-35-17-25-39(26-18-35)51-29-9-5-7-11-33-13-21-37(22-14-33)38-23-15-34(16-24-38)12-8-6-10-30-52-40-27-19-36(20-28-40)32-42(44(47)48)50-4-2/h5-6,9-10,13-28,41-42H,3-4,29-32H2,1-2H3,(H,45,46)(H,47,48)/b9-5+,10-6+. The molecule has 0 saturated carbocycles. The molecule has 4 aromatic carbocycles. The van der Waals surface area contributed by atoms with E-state index < -0.39 is 24.1 Å². The van der Waals surface area contributed by atoms with E-state index in [1.165, 1.54) is 0 Å². The molecule has 0 aliphatic carbocycles. The Morgan fingerprint density at radius 2 is 0.942 bits per heavy atom. The van der Waals surface area contributed by atoms with E-state index in [0.717, 1.165) is 33.4 Å². The number of carboxylic acid groups (broad SMARTS) is 2. The molecule has 0 aromatic heterocycles. The van der Waals surface area contributed by atoms with Crippen molar-refractivity contribution in [2.45, 2.75) is 38.9 Å². The summed E-state index contributed by atoms with van der Waals surface area (Å²) in [4.78, 5) is 22.6. The lowest BCUT2D eigenvalue weighted by Crippen LogP contribution is -2.26. The van der Waals surface area contributed by atoms with Crippen LogP contribution in [0.1, 0.15) is 36.1 Å². The van der Waals surface area contributed by atoms with Crippen LogP contribution < -0.4 is 9.47 Å². The zero-order chi connectivity index (χ0) is 37.0. The maximum Gasteiger partial charge on any atom is 0.333 e. The van der Waals surface area contributed by atoms with Crippen molar-refractivity contribution in [3.05, 3.63) is 144 Å². The molecule has 2 atom stereocenters. The zero-order valence-electron chi connectivity index (χ0n) is 29.3. The van der Waals surface area contributed by atoms with Gasteiger partial charge in [-0.05, 0) is 109 Å². The Kier molecular flexibility index (Phi) is 15.8. The maximum atomic E-state index is 11.3. The number of carbonyl (C=O) groups is 2. The molecule has 0 aliphatic heterocycles. The van der Waals surface area contributed by atoms with E-state index in [1.54, 1.807) is 26.0 Å². The molecule has 266 valence electrons. The summed E-state index contributed by atoms with van der Waals surface area (Å²) in [5, 5.41) is 18.5. The highest BCUT2D eigenvalue weighted by molar-refractivity contribution is 5.73. The van der Waals surface area contributed by atoms with Gasteiger partial charge in [0.25, 0.3) is 0 Å². The Morgan fingerprint density at radius 3 is 1.27 bits per heavy atom. The van der Waals surface area contributed by atoms with Crippen LogP contribution in [0, 0.1) is 23.7 Å². The van der Waals surface area contributed by atoms with E-state index >= 15 is 0 Å². The largest absolute Gasteiger partial charge is 0.490 e. The van der Waals surface area contributed by atoms with E-state index in [1.807, 2.05) is 109 Å². The van der Waals surface area contributed by atoms with Crippen LogP contribution in [0.15, 0.2) is 121 Å². The van der Waals surface area contributed by atoms with Crippen molar-refractivity contribution in [2.75, 3.05) is 26.4 Å². The summed E-state index contributed by atoms with van der Waals surface area (Å²) in [7, 11) is 0. The highest BCUT2D eigenvalue weighted by Gasteiger charge is 2.18. The average Bonchev–Trinajstić information content (AvgIpc) is 3.15. The van der Waals surface area contributed by atoms with Crippen LogP contribution in [0.2, 0.25) is 0 Å². The highest BCUT2D eigenvalue weighted by atomic mass is 16.5. The quantitative estimate of drug-likeness (QED) is 0.110. The fraction of sp³-hybridized carbons (Fsp3) is 0.227. The van der Waals surface area contributed by atoms with Crippen molar-refractivity contribution in [3.8, 4) is 46.3 Å². The topological polar surface area (TPSA) is 112 Å². The van der Waals surface area contributed by atoms with Gasteiger partial charge in [0.1, 0.15) is 24.7 Å². The zero-order valence-corrected chi connectivity index (χ0v) is 29.3. The maximum absolute atomic E-state index is 11.3. The van der Waals surface area contributed by atoms with Gasteiger partial charge in [-0.1, -0.05) is 72.2 Å². The van der Waals surface area contributed by atoms with Gasteiger partial charge in [0, 0.05) is 37.2 Å². The van der Waals surface area contributed by atoms with Crippen molar-refractivity contribution in [1.82, 2.24) is 0 Å². The van der Waals surface area contributed by atoms with Gasteiger partial charge in [-0.25, -0.2) is 9.59 Å². The molecule has 4 rings (SSSR count). The molecule has 52 heavy (non-hydrogen) atoms. The predicted molar refractivity (Wildman–Crippen MR) is 201 cm³/mol. The molecule has 8 heteroatoms. The van der Waals surface area contributed by atoms with Gasteiger partial charge in [-0.3, -0.25) is 0 Å². The first-order valence-electron chi connectivity index (χ1n) is 17.0. The molecule has 0 fully saturated rings. The van der Waals surface area contributed by atoms with Crippen LogP contribution in [-0.2, 0) is 31.9 Å². The SMILES string of the molecule is CCOC(Cc1ccc(OC/C=C/C#Cc2ccc(-c3ccc(C#C/C=C/COc4ccc(CC(OCC)C(=O)O)cc4)cc3)cc2)cc1)C(=O)O. The Bertz CT molecular complexity index is 1760. The van der Waals surface area contributed by atoms with Crippen molar-refractivity contribution >= 4 is 11.9 Å². The van der Waals surface area contributed by atoms with Gasteiger partial charge in [-0.15, -0.1) is 0 Å². The van der Waals surface area contributed by atoms with E-state index in [0.29, 0.717) is 50.8 Å². The second-order valence-electron chi connectivity index (χ2n) is 11.4. The van der Waals surface area contributed by atoms with Crippen molar-refractivity contribution < 1.29 is 38.7 Å². The van der Waals surface area contributed by atoms with Gasteiger partial charge in [-0.2, -0.15) is 0 Å². The third kappa shape index (κ3) is 13.3. The summed E-state index contributed by atoms with van der Waals surface area (Å²) >= 11 is 0. The van der Waals surface area contributed by atoms with E-state index in [2.05, 4.69) is 23.7 Å². The molecular weight excluding hydrogens is 656 g/mol. The van der Waals surface area contributed by atoms with Crippen molar-refractivity contribution in [3.63, 3.8) is 0 Å². The molecule has 0 saturated heterocycles. The molecule has 2 unspecified atom stereocenters. The summed E-state index contributed by atoms with van der Waals surface area (Å²) < 4.78 is 22.0. The second-order valence-corrected chi connectivity index (χ2v) is 11.4. The first-order chi connectivity index (χ1) is 25.3. The Labute approximate surface area is 305 Å². The Morgan fingerprint density at radius 1 is 0.577 bits per heavy atom. The number of ether oxygens (including phenoxy) is 4. The van der Waals surface area contributed by atoms with Crippen LogP contribution in [0.3, 0.4) is 0 Å². The Hall–Kier alpha value is -6.06. The van der Waals surface area contributed by atoms with E-state index in [-0.39, 0.29) is 0 Å². The smallest absolute Gasteiger partial charge is 0.333 e. The van der Waals surface area contributed by atoms with Gasteiger partial charge in [0.15, 0.2) is 12.2 Å². The monoisotopic (exact) mass is 698 g/mol. The predicted octanol–water partition coefficient (Wildman–Crippen LogP) is 7.39. The first kappa shape index (κ1) is 38.7. The van der Waals surface area contributed by atoms with Crippen LogP contribution in [0.4, 0.5) is 0 Å². The number of allylic oxidation sites excluding steroid dienone is 2. The van der Waals surface area contributed by atoms with Gasteiger partial charge >= 0.3 is 11.9 Å². The first-order valence-corrected chi connectivity index (χ1v) is 17.0. The molecule has 0 radical (unpaired) electrons. The van der Waals surface area contributed by atoms with E-state index in [4.69, 9.17) is 18.9 Å². The van der Waals surface area contributed by atoms with E-state index in [9.17, 15) is 19.8 Å². The number of benzene rings is 4. The number of aliphatic carboxylic acids is 2. The summed E-state index contributed by atoms with van der Waals surface area (Å²) in [6, 6.07) is 30.7. The number of carboxylic acids is 2. The molecule has 8 nitrogen and oxygen atoms in total. The molecule has 2 N–H and O–H groups in total. The number of hydrogen-bond donors (Lipinski definition) is 2. The molecule has 4 aromatic rings. The minimum atomic E-state index is -0.970. The van der Waals surface area contributed by atoms with Crippen LogP contribution in [-0.4, -0.2) is 60.8 Å². The minimum Gasteiger partial charge on any atom is -0.490 e. The van der Waals surface area contributed by atoms with Crippen LogP contribution >= 0.6 is 0 Å². The lowest BCUT2D eigenvalue weighted by molar-refractivity contribution is -0.150. The lowest BCUT2D eigenvalue weighted by Gasteiger charge is -2.12. The van der Waals surface area contributed by atoms with Gasteiger partial charge < -0.3 is 29.2 Å². The van der Waals surface area contributed by atoms with Crippen molar-refractivity contribution in [1.29, 1.82) is 0 Å². The Balaban J connectivity index is 1.17. The average molecular weight is 699 g/mol. The van der Waals surface area contributed by atoms with Gasteiger partial charge in [0.2, 0.25) is 0 Å². The second kappa shape index (κ2) is 21.2. The van der Waals surface area contributed by atoms with Crippen molar-refractivity contribution in [2.24, 2.45) is 0 Å². The third-order valence-electron chi connectivity index (χ3n) is 7.61. The molecule has 0 spiro atoms. The summed E-state index contributed by atoms with van der Waals surface area (Å²) in [5.74, 6) is 11.8. The molecule has 0 amide bonds. The summed E-state index contributed by atoms with van der Waals surface area (Å²) in [6.45, 7) is 4.97.